The number of nitrogens with zero attached hydrogens (tertiary/aromatic N) is 2. The SMILES string of the molecule is CC(NCC(O)c1ccc(F)cc1)c1cnn(C)c1. The van der Waals surface area contributed by atoms with Crippen LogP contribution in [-0.4, -0.2) is 21.4 Å². The van der Waals surface area contributed by atoms with E-state index in [2.05, 4.69) is 10.4 Å². The molecule has 0 bridgehead atoms. The molecule has 1 aromatic heterocycles. The summed E-state index contributed by atoms with van der Waals surface area (Å²) < 4.78 is 14.5. The van der Waals surface area contributed by atoms with Gasteiger partial charge in [0, 0.05) is 31.4 Å². The minimum atomic E-state index is -0.653. The third kappa shape index (κ3) is 3.62. The largest absolute Gasteiger partial charge is 0.387 e. The van der Waals surface area contributed by atoms with E-state index in [9.17, 15) is 9.50 Å². The minimum absolute atomic E-state index is 0.101. The highest BCUT2D eigenvalue weighted by molar-refractivity contribution is 5.19. The maximum absolute atomic E-state index is 12.8. The zero-order chi connectivity index (χ0) is 13.8. The van der Waals surface area contributed by atoms with Crippen molar-refractivity contribution in [1.29, 1.82) is 0 Å². The van der Waals surface area contributed by atoms with Crippen LogP contribution < -0.4 is 5.32 Å². The van der Waals surface area contributed by atoms with E-state index in [1.807, 2.05) is 20.2 Å². The van der Waals surface area contributed by atoms with Crippen molar-refractivity contribution in [2.24, 2.45) is 7.05 Å². The van der Waals surface area contributed by atoms with Crippen molar-refractivity contribution in [2.75, 3.05) is 6.54 Å². The minimum Gasteiger partial charge on any atom is -0.387 e. The summed E-state index contributed by atoms with van der Waals surface area (Å²) in [6.45, 7) is 2.41. The Balaban J connectivity index is 1.89. The van der Waals surface area contributed by atoms with Gasteiger partial charge in [0.25, 0.3) is 0 Å². The number of hydrogen-bond acceptors (Lipinski definition) is 3. The molecule has 2 unspecified atom stereocenters. The Hall–Kier alpha value is -1.72. The second-order valence-corrected chi connectivity index (χ2v) is 4.64. The van der Waals surface area contributed by atoms with Gasteiger partial charge in [0.2, 0.25) is 0 Å². The average molecular weight is 263 g/mol. The maximum Gasteiger partial charge on any atom is 0.123 e. The van der Waals surface area contributed by atoms with Crippen LogP contribution >= 0.6 is 0 Å². The van der Waals surface area contributed by atoms with Gasteiger partial charge in [0.1, 0.15) is 5.82 Å². The molecular formula is C14H18FN3O. The lowest BCUT2D eigenvalue weighted by atomic mass is 10.1. The third-order valence-electron chi connectivity index (χ3n) is 3.10. The van der Waals surface area contributed by atoms with Gasteiger partial charge in [-0.15, -0.1) is 0 Å². The number of rotatable bonds is 5. The number of aromatic nitrogens is 2. The molecule has 2 N–H and O–H groups in total. The first kappa shape index (κ1) is 13.7. The van der Waals surface area contributed by atoms with Gasteiger partial charge in [0.05, 0.1) is 12.3 Å². The lowest BCUT2D eigenvalue weighted by Gasteiger charge is -2.16. The number of benzene rings is 1. The third-order valence-corrected chi connectivity index (χ3v) is 3.10. The van der Waals surface area contributed by atoms with Gasteiger partial charge in [-0.3, -0.25) is 4.68 Å². The summed E-state index contributed by atoms with van der Waals surface area (Å²) in [7, 11) is 1.86. The van der Waals surface area contributed by atoms with Gasteiger partial charge in [-0.2, -0.15) is 5.10 Å². The molecule has 1 heterocycles. The Morgan fingerprint density at radius 1 is 1.32 bits per heavy atom. The lowest BCUT2D eigenvalue weighted by molar-refractivity contribution is 0.170. The Bertz CT molecular complexity index is 524. The Morgan fingerprint density at radius 3 is 2.58 bits per heavy atom. The predicted molar refractivity (Wildman–Crippen MR) is 71.0 cm³/mol. The zero-order valence-corrected chi connectivity index (χ0v) is 11.0. The molecule has 5 heteroatoms. The number of aliphatic hydroxyl groups is 1. The van der Waals surface area contributed by atoms with Crippen molar-refractivity contribution >= 4 is 0 Å². The highest BCUT2D eigenvalue weighted by Gasteiger charge is 2.11. The molecule has 0 amide bonds. The van der Waals surface area contributed by atoms with Gasteiger partial charge >= 0.3 is 0 Å². The van der Waals surface area contributed by atoms with Crippen LogP contribution in [0.3, 0.4) is 0 Å². The molecule has 2 atom stereocenters. The van der Waals surface area contributed by atoms with Crippen molar-refractivity contribution in [3.05, 3.63) is 53.6 Å². The van der Waals surface area contributed by atoms with Crippen molar-refractivity contribution in [3.8, 4) is 0 Å². The average Bonchev–Trinajstić information content (AvgIpc) is 2.83. The summed E-state index contributed by atoms with van der Waals surface area (Å²) >= 11 is 0. The number of nitrogens with one attached hydrogen (secondary N) is 1. The van der Waals surface area contributed by atoms with Crippen LogP contribution in [0.2, 0.25) is 0 Å². The van der Waals surface area contributed by atoms with Crippen LogP contribution in [0.25, 0.3) is 0 Å². The van der Waals surface area contributed by atoms with Gasteiger partial charge in [0.15, 0.2) is 0 Å². The number of aryl methyl sites for hydroxylation is 1. The molecule has 0 radical (unpaired) electrons. The standard InChI is InChI=1S/C14H18FN3O/c1-10(12-7-17-18(2)9-12)16-8-14(19)11-3-5-13(15)6-4-11/h3-7,9-10,14,16,19H,8H2,1-2H3. The fraction of sp³-hybridized carbons (Fsp3) is 0.357. The molecule has 4 nitrogen and oxygen atoms in total. The first-order chi connectivity index (χ1) is 9.06. The van der Waals surface area contributed by atoms with Crippen molar-refractivity contribution in [3.63, 3.8) is 0 Å². The first-order valence-corrected chi connectivity index (χ1v) is 6.21. The Kier molecular flexibility index (Phi) is 4.29. The summed E-state index contributed by atoms with van der Waals surface area (Å²) in [5.74, 6) is -0.298. The van der Waals surface area contributed by atoms with Crippen LogP contribution in [0.5, 0.6) is 0 Å². The molecule has 1 aromatic carbocycles. The van der Waals surface area contributed by atoms with E-state index >= 15 is 0 Å². The lowest BCUT2D eigenvalue weighted by Crippen LogP contribution is -2.24. The second-order valence-electron chi connectivity index (χ2n) is 4.64. The Morgan fingerprint density at radius 2 is 2.00 bits per heavy atom. The fourth-order valence-electron chi connectivity index (χ4n) is 1.87. The summed E-state index contributed by atoms with van der Waals surface area (Å²) in [6, 6.07) is 5.99. The van der Waals surface area contributed by atoms with Crippen LogP contribution in [0, 0.1) is 5.82 Å². The zero-order valence-electron chi connectivity index (χ0n) is 11.0. The van der Waals surface area contributed by atoms with E-state index in [1.165, 1.54) is 12.1 Å². The summed E-state index contributed by atoms with van der Waals surface area (Å²) in [6.07, 6.45) is 3.07. The Labute approximate surface area is 111 Å². The number of aliphatic hydroxyl groups excluding tert-OH is 1. The van der Waals surface area contributed by atoms with E-state index in [0.717, 1.165) is 5.56 Å². The van der Waals surface area contributed by atoms with E-state index < -0.39 is 6.10 Å². The number of halogens is 1. The molecule has 0 saturated carbocycles. The maximum atomic E-state index is 12.8. The highest BCUT2D eigenvalue weighted by Crippen LogP contribution is 2.15. The van der Waals surface area contributed by atoms with Crippen LogP contribution in [0.4, 0.5) is 4.39 Å². The van der Waals surface area contributed by atoms with Crippen LogP contribution in [0.1, 0.15) is 30.2 Å². The monoisotopic (exact) mass is 263 g/mol. The van der Waals surface area contributed by atoms with E-state index in [-0.39, 0.29) is 11.9 Å². The number of hydrogen-bond donors (Lipinski definition) is 2. The molecule has 0 aliphatic heterocycles. The van der Waals surface area contributed by atoms with Gasteiger partial charge < -0.3 is 10.4 Å². The first-order valence-electron chi connectivity index (χ1n) is 6.21. The molecular weight excluding hydrogens is 245 g/mol. The van der Waals surface area contributed by atoms with Crippen molar-refractivity contribution in [1.82, 2.24) is 15.1 Å². The molecule has 0 aliphatic carbocycles. The fourth-order valence-corrected chi connectivity index (χ4v) is 1.87. The predicted octanol–water partition coefficient (Wildman–Crippen LogP) is 1.94. The molecule has 0 aliphatic rings. The van der Waals surface area contributed by atoms with Gasteiger partial charge in [-0.25, -0.2) is 4.39 Å². The molecule has 0 saturated heterocycles. The molecule has 19 heavy (non-hydrogen) atoms. The van der Waals surface area contributed by atoms with Crippen LogP contribution in [0.15, 0.2) is 36.7 Å². The van der Waals surface area contributed by atoms with E-state index in [0.29, 0.717) is 12.1 Å². The van der Waals surface area contributed by atoms with Crippen molar-refractivity contribution < 1.29 is 9.50 Å². The normalized spacial score (nSPS) is 14.3. The van der Waals surface area contributed by atoms with Gasteiger partial charge in [-0.05, 0) is 24.6 Å². The smallest absolute Gasteiger partial charge is 0.123 e. The van der Waals surface area contributed by atoms with Gasteiger partial charge in [-0.1, -0.05) is 12.1 Å². The molecule has 102 valence electrons. The molecule has 2 rings (SSSR count). The van der Waals surface area contributed by atoms with E-state index in [1.54, 1.807) is 23.0 Å². The highest BCUT2D eigenvalue weighted by atomic mass is 19.1. The summed E-state index contributed by atoms with van der Waals surface area (Å²) in [5, 5.41) is 17.3. The topological polar surface area (TPSA) is 50.1 Å². The molecule has 0 fully saturated rings. The quantitative estimate of drug-likeness (QED) is 0.866. The second kappa shape index (κ2) is 5.95. The molecule has 2 aromatic rings. The molecule has 0 spiro atoms. The van der Waals surface area contributed by atoms with Crippen LogP contribution in [-0.2, 0) is 7.05 Å². The summed E-state index contributed by atoms with van der Waals surface area (Å²) in [4.78, 5) is 0. The van der Waals surface area contributed by atoms with Crippen molar-refractivity contribution in [2.45, 2.75) is 19.1 Å². The van der Waals surface area contributed by atoms with E-state index in [4.69, 9.17) is 0 Å². The summed E-state index contributed by atoms with van der Waals surface area (Å²) in [5.41, 5.74) is 1.76.